The van der Waals surface area contributed by atoms with Gasteiger partial charge in [-0.25, -0.2) is 0 Å². The van der Waals surface area contributed by atoms with Gasteiger partial charge in [0.15, 0.2) is 0 Å². The molecule has 0 aromatic rings. The number of allylic oxidation sites excluding steroid dienone is 4. The minimum Gasteiger partial charge on any atom is -0.393 e. The maximum Gasteiger partial charge on any atom is 0.0579 e. The summed E-state index contributed by atoms with van der Waals surface area (Å²) in [5.41, 5.74) is 0.815. The predicted octanol–water partition coefficient (Wildman–Crippen LogP) is 7.02. The predicted molar refractivity (Wildman–Crippen MR) is 119 cm³/mol. The molecule has 0 aliphatic heterocycles. The molecular formula is C27H44O. The monoisotopic (exact) mass is 384 g/mol. The molecule has 0 aromatic heterocycles. The zero-order valence-corrected chi connectivity index (χ0v) is 19.0. The van der Waals surface area contributed by atoms with Crippen LogP contribution in [0.4, 0.5) is 0 Å². The van der Waals surface area contributed by atoms with Gasteiger partial charge in [-0.3, -0.25) is 0 Å². The van der Waals surface area contributed by atoms with Gasteiger partial charge in [-0.2, -0.15) is 0 Å². The van der Waals surface area contributed by atoms with Crippen molar-refractivity contribution in [3.05, 3.63) is 24.3 Å². The van der Waals surface area contributed by atoms with Gasteiger partial charge in [0, 0.05) is 0 Å². The molecule has 1 nitrogen and oxygen atoms in total. The highest BCUT2D eigenvalue weighted by molar-refractivity contribution is 5.14. The van der Waals surface area contributed by atoms with Gasteiger partial charge in [0.1, 0.15) is 0 Å². The highest BCUT2D eigenvalue weighted by atomic mass is 16.3. The standard InChI is InChI=1S/C27H44O/c1-18(2)9-8-10-19(3)21-12-13-22-20-17-25(28)24-11-6-7-15-26(24,4)23(20)14-16-27(21,22)5/h6-8,10,18-25,28H,9,11-17H2,1-5H3/t19-,20+,21-,22+,23+,24-,25?,26-,27-/m1/s1. The lowest BCUT2D eigenvalue weighted by molar-refractivity contribution is -0.145. The Labute approximate surface area is 174 Å². The van der Waals surface area contributed by atoms with Gasteiger partial charge in [-0.05, 0) is 104 Å². The Kier molecular flexibility index (Phi) is 5.62. The Morgan fingerprint density at radius 1 is 1.00 bits per heavy atom. The molecule has 4 rings (SSSR count). The van der Waals surface area contributed by atoms with Gasteiger partial charge < -0.3 is 5.11 Å². The van der Waals surface area contributed by atoms with E-state index in [4.69, 9.17) is 0 Å². The fraction of sp³-hybridized carbons (Fsp3) is 0.852. The molecule has 4 aliphatic rings. The maximum atomic E-state index is 11.1. The van der Waals surface area contributed by atoms with Crippen LogP contribution in [0.15, 0.2) is 24.3 Å². The summed E-state index contributed by atoms with van der Waals surface area (Å²) in [7, 11) is 0. The van der Waals surface area contributed by atoms with Gasteiger partial charge in [0.2, 0.25) is 0 Å². The third-order valence-corrected chi connectivity index (χ3v) is 9.98. The van der Waals surface area contributed by atoms with E-state index in [9.17, 15) is 5.11 Å². The van der Waals surface area contributed by atoms with E-state index in [2.05, 4.69) is 58.9 Å². The van der Waals surface area contributed by atoms with Gasteiger partial charge in [0.25, 0.3) is 0 Å². The Balaban J connectivity index is 1.54. The van der Waals surface area contributed by atoms with Crippen LogP contribution >= 0.6 is 0 Å². The summed E-state index contributed by atoms with van der Waals surface area (Å²) in [5.74, 6) is 5.19. The van der Waals surface area contributed by atoms with Crippen molar-refractivity contribution in [1.29, 1.82) is 0 Å². The van der Waals surface area contributed by atoms with Crippen molar-refractivity contribution in [2.45, 2.75) is 92.1 Å². The van der Waals surface area contributed by atoms with E-state index in [-0.39, 0.29) is 6.10 Å². The first-order valence-electron chi connectivity index (χ1n) is 12.3. The molecule has 3 fully saturated rings. The minimum absolute atomic E-state index is 0.0824. The summed E-state index contributed by atoms with van der Waals surface area (Å²) in [6.45, 7) is 12.2. The van der Waals surface area contributed by atoms with E-state index >= 15 is 0 Å². The lowest BCUT2D eigenvalue weighted by atomic mass is 9.44. The van der Waals surface area contributed by atoms with Gasteiger partial charge in [-0.15, -0.1) is 0 Å². The molecule has 158 valence electrons. The molecule has 9 atom stereocenters. The number of fused-ring (bicyclic) bond motifs is 5. The summed E-state index contributed by atoms with van der Waals surface area (Å²) in [4.78, 5) is 0. The molecule has 1 unspecified atom stereocenters. The first kappa shape index (κ1) is 20.7. The van der Waals surface area contributed by atoms with Crippen LogP contribution in [0, 0.1) is 52.3 Å². The van der Waals surface area contributed by atoms with Crippen molar-refractivity contribution in [3.8, 4) is 0 Å². The van der Waals surface area contributed by atoms with Crippen molar-refractivity contribution in [2.75, 3.05) is 0 Å². The Hall–Kier alpha value is -0.560. The molecule has 1 heteroatoms. The second kappa shape index (κ2) is 7.60. The number of hydrogen-bond acceptors (Lipinski definition) is 1. The van der Waals surface area contributed by atoms with Gasteiger partial charge in [0.05, 0.1) is 6.10 Å². The van der Waals surface area contributed by atoms with E-state index in [0.29, 0.717) is 22.7 Å². The van der Waals surface area contributed by atoms with E-state index < -0.39 is 0 Å². The topological polar surface area (TPSA) is 20.2 Å². The molecule has 4 aliphatic carbocycles. The Morgan fingerprint density at radius 3 is 2.50 bits per heavy atom. The molecule has 0 heterocycles. The van der Waals surface area contributed by atoms with Crippen molar-refractivity contribution >= 4 is 0 Å². The van der Waals surface area contributed by atoms with Crippen molar-refractivity contribution in [1.82, 2.24) is 0 Å². The summed E-state index contributed by atoms with van der Waals surface area (Å²) in [6.07, 6.45) is 19.8. The molecule has 0 bridgehead atoms. The zero-order chi connectivity index (χ0) is 20.1. The highest BCUT2D eigenvalue weighted by Crippen LogP contribution is 2.67. The van der Waals surface area contributed by atoms with Crippen molar-refractivity contribution in [3.63, 3.8) is 0 Å². The molecule has 3 saturated carbocycles. The third kappa shape index (κ3) is 3.24. The van der Waals surface area contributed by atoms with Crippen LogP contribution in [0.25, 0.3) is 0 Å². The molecular weight excluding hydrogens is 340 g/mol. The summed E-state index contributed by atoms with van der Waals surface area (Å²) >= 11 is 0. The van der Waals surface area contributed by atoms with E-state index in [1.807, 2.05) is 0 Å². The van der Waals surface area contributed by atoms with E-state index in [1.165, 1.54) is 38.5 Å². The largest absolute Gasteiger partial charge is 0.393 e. The third-order valence-electron chi connectivity index (χ3n) is 9.98. The van der Waals surface area contributed by atoms with Crippen LogP contribution in [0.3, 0.4) is 0 Å². The van der Waals surface area contributed by atoms with E-state index in [1.54, 1.807) is 0 Å². The fourth-order valence-electron chi connectivity index (χ4n) is 8.51. The van der Waals surface area contributed by atoms with Crippen LogP contribution in [0.1, 0.15) is 86.0 Å². The summed E-state index contributed by atoms with van der Waals surface area (Å²) in [6, 6.07) is 0. The van der Waals surface area contributed by atoms with Crippen LogP contribution < -0.4 is 0 Å². The number of rotatable bonds is 4. The second-order valence-electron chi connectivity index (χ2n) is 11.8. The van der Waals surface area contributed by atoms with Crippen LogP contribution in [0.5, 0.6) is 0 Å². The number of hydrogen-bond donors (Lipinski definition) is 1. The molecule has 1 N–H and O–H groups in total. The highest BCUT2D eigenvalue weighted by Gasteiger charge is 2.61. The molecule has 0 saturated heterocycles. The SMILES string of the molecule is CC(C)CC=C[C@@H](C)[C@H]1CC[C@H]2[C@@H]3CC(O)[C@H]4CC=CC[C@]4(C)[C@H]3CC[C@]12C. The number of aliphatic hydroxyl groups excluding tert-OH is 1. The van der Waals surface area contributed by atoms with Crippen LogP contribution in [-0.4, -0.2) is 11.2 Å². The summed E-state index contributed by atoms with van der Waals surface area (Å²) in [5, 5.41) is 11.1. The second-order valence-corrected chi connectivity index (χ2v) is 11.8. The Morgan fingerprint density at radius 2 is 1.75 bits per heavy atom. The molecule has 28 heavy (non-hydrogen) atoms. The quantitative estimate of drug-likeness (QED) is 0.516. The Bertz CT molecular complexity index is 618. The normalized spacial score (nSPS) is 49.1. The number of aliphatic hydroxyl groups is 1. The lowest BCUT2D eigenvalue weighted by Crippen LogP contribution is -2.56. The molecule has 0 radical (unpaired) electrons. The molecule has 0 amide bonds. The summed E-state index contributed by atoms with van der Waals surface area (Å²) < 4.78 is 0. The average Bonchev–Trinajstić information content (AvgIpc) is 2.99. The lowest BCUT2D eigenvalue weighted by Gasteiger charge is -2.61. The average molecular weight is 385 g/mol. The molecule has 0 aromatic carbocycles. The zero-order valence-electron chi connectivity index (χ0n) is 19.0. The van der Waals surface area contributed by atoms with Crippen LogP contribution in [0.2, 0.25) is 0 Å². The van der Waals surface area contributed by atoms with Crippen molar-refractivity contribution < 1.29 is 5.11 Å². The maximum absolute atomic E-state index is 11.1. The first-order valence-corrected chi connectivity index (χ1v) is 12.3. The molecule has 0 spiro atoms. The van der Waals surface area contributed by atoms with Gasteiger partial charge >= 0.3 is 0 Å². The smallest absolute Gasteiger partial charge is 0.0579 e. The van der Waals surface area contributed by atoms with Gasteiger partial charge in [-0.1, -0.05) is 58.9 Å². The minimum atomic E-state index is -0.0824. The van der Waals surface area contributed by atoms with Crippen molar-refractivity contribution in [2.24, 2.45) is 52.3 Å². The van der Waals surface area contributed by atoms with E-state index in [0.717, 1.165) is 42.4 Å². The van der Waals surface area contributed by atoms with Crippen LogP contribution in [-0.2, 0) is 0 Å². The fourth-order valence-corrected chi connectivity index (χ4v) is 8.51. The first-order chi connectivity index (χ1) is 13.3.